The standard InChI is InChI=1S/C28H40ClN7O3/c1-15(2)36-22(12-30-24-18-10-19(27(4,5)6)20(29)11-21(18)33-34-24)31-16(3)23(36)25(37)32-17-13-35(14-17)26(38)39-28(7,8)9/h10-11,15,17H,12-14H2,1-9H3,(H,32,37)(H2,30,33,34). The molecule has 1 aliphatic rings. The number of anilines is 1. The predicted octanol–water partition coefficient (Wildman–Crippen LogP) is 5.56. The third-order valence-electron chi connectivity index (χ3n) is 6.63. The third kappa shape index (κ3) is 6.16. The van der Waals surface area contributed by atoms with Gasteiger partial charge >= 0.3 is 6.09 Å². The zero-order chi connectivity index (χ0) is 28.9. The van der Waals surface area contributed by atoms with Crippen LogP contribution in [0.5, 0.6) is 0 Å². The second-order valence-electron chi connectivity index (χ2n) is 12.5. The van der Waals surface area contributed by atoms with Gasteiger partial charge in [-0.15, -0.1) is 0 Å². The summed E-state index contributed by atoms with van der Waals surface area (Å²) in [5, 5.41) is 15.6. The van der Waals surface area contributed by atoms with E-state index in [-0.39, 0.29) is 29.5 Å². The molecule has 1 aliphatic heterocycles. The maximum absolute atomic E-state index is 13.3. The second kappa shape index (κ2) is 10.4. The molecule has 0 atom stereocenters. The summed E-state index contributed by atoms with van der Waals surface area (Å²) >= 11 is 6.53. The number of hydrogen-bond acceptors (Lipinski definition) is 6. The van der Waals surface area contributed by atoms with Crippen LogP contribution in [-0.2, 0) is 16.7 Å². The topological polar surface area (TPSA) is 117 Å². The number of benzene rings is 1. The lowest BCUT2D eigenvalue weighted by atomic mass is 9.86. The number of aromatic nitrogens is 4. The summed E-state index contributed by atoms with van der Waals surface area (Å²) < 4.78 is 7.36. The van der Waals surface area contributed by atoms with Crippen LogP contribution in [0.2, 0.25) is 5.02 Å². The van der Waals surface area contributed by atoms with E-state index in [1.165, 1.54) is 0 Å². The van der Waals surface area contributed by atoms with E-state index in [1.807, 2.05) is 52.2 Å². The van der Waals surface area contributed by atoms with Crippen LogP contribution in [0.15, 0.2) is 12.1 Å². The van der Waals surface area contributed by atoms with Crippen molar-refractivity contribution in [2.24, 2.45) is 0 Å². The molecular formula is C28H40ClN7O3. The van der Waals surface area contributed by atoms with E-state index in [4.69, 9.17) is 21.3 Å². The maximum Gasteiger partial charge on any atom is 0.410 e. The number of nitrogens with one attached hydrogen (secondary N) is 3. The number of amides is 2. The quantitative estimate of drug-likeness (QED) is 0.365. The van der Waals surface area contributed by atoms with Crippen molar-refractivity contribution in [1.29, 1.82) is 0 Å². The molecule has 10 nitrogen and oxygen atoms in total. The normalized spacial score (nSPS) is 14.6. The summed E-state index contributed by atoms with van der Waals surface area (Å²) in [5.74, 6) is 1.23. The van der Waals surface area contributed by atoms with Crippen LogP contribution in [0.25, 0.3) is 10.9 Å². The van der Waals surface area contributed by atoms with Crippen molar-refractivity contribution in [2.45, 2.75) is 92.0 Å². The number of imidazole rings is 1. The number of fused-ring (bicyclic) bond motifs is 1. The Hall–Kier alpha value is -3.27. The SMILES string of the molecule is Cc1nc(CNc2n[nH]c3cc(Cl)c(C(C)(C)C)cc23)n(C(C)C)c1C(=O)NC1CN(C(=O)OC(C)(C)C)C1. The minimum absolute atomic E-state index is 0.00521. The first-order valence-electron chi connectivity index (χ1n) is 13.3. The number of ether oxygens (including phenoxy) is 1. The second-order valence-corrected chi connectivity index (χ2v) is 12.9. The molecule has 2 aromatic heterocycles. The Morgan fingerprint density at radius 1 is 1.18 bits per heavy atom. The molecule has 0 radical (unpaired) electrons. The number of carbonyl (C=O) groups is 2. The summed E-state index contributed by atoms with van der Waals surface area (Å²) in [6.45, 7) is 19.0. The fourth-order valence-electron chi connectivity index (χ4n) is 4.77. The summed E-state index contributed by atoms with van der Waals surface area (Å²) in [5.41, 5.74) is 2.39. The largest absolute Gasteiger partial charge is 0.444 e. The molecule has 3 aromatic rings. The van der Waals surface area contributed by atoms with Gasteiger partial charge in [0.05, 0.1) is 23.8 Å². The van der Waals surface area contributed by atoms with Gasteiger partial charge in [-0.1, -0.05) is 32.4 Å². The van der Waals surface area contributed by atoms with Crippen molar-refractivity contribution in [3.05, 3.63) is 39.9 Å². The molecule has 0 saturated carbocycles. The molecule has 0 bridgehead atoms. The number of hydrogen-bond donors (Lipinski definition) is 3. The van der Waals surface area contributed by atoms with E-state index in [1.54, 1.807) is 4.90 Å². The highest BCUT2D eigenvalue weighted by atomic mass is 35.5. The van der Waals surface area contributed by atoms with E-state index in [9.17, 15) is 9.59 Å². The Bertz CT molecular complexity index is 1390. The minimum Gasteiger partial charge on any atom is -0.444 e. The average molecular weight is 558 g/mol. The smallest absolute Gasteiger partial charge is 0.410 e. The lowest BCUT2D eigenvalue weighted by molar-refractivity contribution is 0.00528. The lowest BCUT2D eigenvalue weighted by Crippen LogP contribution is -2.61. The van der Waals surface area contributed by atoms with E-state index < -0.39 is 5.60 Å². The van der Waals surface area contributed by atoms with Crippen LogP contribution in [0.3, 0.4) is 0 Å². The Labute approximate surface area is 234 Å². The van der Waals surface area contributed by atoms with Crippen molar-refractivity contribution in [1.82, 2.24) is 30.0 Å². The van der Waals surface area contributed by atoms with Gasteiger partial charge < -0.3 is 24.8 Å². The number of aryl methyl sites for hydroxylation is 1. The van der Waals surface area contributed by atoms with Crippen LogP contribution in [0, 0.1) is 6.92 Å². The molecular weight excluding hydrogens is 518 g/mol. The van der Waals surface area contributed by atoms with Gasteiger partial charge in [-0.3, -0.25) is 9.89 Å². The lowest BCUT2D eigenvalue weighted by Gasteiger charge is -2.40. The molecule has 4 rings (SSSR count). The molecule has 1 saturated heterocycles. The summed E-state index contributed by atoms with van der Waals surface area (Å²) in [6.07, 6.45) is -0.368. The van der Waals surface area contributed by atoms with Gasteiger partial charge in [0.25, 0.3) is 5.91 Å². The number of likely N-dealkylation sites (tertiary alicyclic amines) is 1. The molecule has 2 amide bonds. The molecule has 39 heavy (non-hydrogen) atoms. The molecule has 0 unspecified atom stereocenters. The molecule has 11 heteroatoms. The van der Waals surface area contributed by atoms with E-state index >= 15 is 0 Å². The fourth-order valence-corrected chi connectivity index (χ4v) is 5.22. The van der Waals surface area contributed by atoms with Crippen LogP contribution >= 0.6 is 11.6 Å². The molecule has 3 N–H and O–H groups in total. The molecule has 3 heterocycles. The molecule has 1 fully saturated rings. The first-order chi connectivity index (χ1) is 18.0. The highest BCUT2D eigenvalue weighted by Crippen LogP contribution is 2.35. The third-order valence-corrected chi connectivity index (χ3v) is 6.94. The number of halogens is 1. The van der Waals surface area contributed by atoms with E-state index in [0.717, 1.165) is 22.3 Å². The van der Waals surface area contributed by atoms with Crippen molar-refractivity contribution in [3.8, 4) is 0 Å². The highest BCUT2D eigenvalue weighted by Gasteiger charge is 2.35. The van der Waals surface area contributed by atoms with E-state index in [0.29, 0.717) is 41.9 Å². The molecule has 212 valence electrons. The molecule has 1 aromatic carbocycles. The average Bonchev–Trinajstić information content (AvgIpc) is 3.31. The van der Waals surface area contributed by atoms with Crippen molar-refractivity contribution >= 4 is 40.3 Å². The van der Waals surface area contributed by atoms with Crippen LogP contribution < -0.4 is 10.6 Å². The molecule has 0 spiro atoms. The zero-order valence-electron chi connectivity index (χ0n) is 24.3. The fraction of sp³-hybridized carbons (Fsp3) is 0.571. The monoisotopic (exact) mass is 557 g/mol. The summed E-state index contributed by atoms with van der Waals surface area (Å²) in [4.78, 5) is 31.9. The number of carbonyl (C=O) groups excluding carboxylic acids is 2. The van der Waals surface area contributed by atoms with E-state index in [2.05, 4.69) is 47.7 Å². The zero-order valence-corrected chi connectivity index (χ0v) is 25.1. The van der Waals surface area contributed by atoms with Crippen molar-refractivity contribution < 1.29 is 14.3 Å². The minimum atomic E-state index is -0.555. The predicted molar refractivity (Wildman–Crippen MR) is 154 cm³/mol. The summed E-state index contributed by atoms with van der Waals surface area (Å²) in [7, 11) is 0. The Morgan fingerprint density at radius 3 is 2.44 bits per heavy atom. The van der Waals surface area contributed by atoms with Crippen molar-refractivity contribution in [3.63, 3.8) is 0 Å². The highest BCUT2D eigenvalue weighted by molar-refractivity contribution is 6.32. The number of nitrogens with zero attached hydrogens (tertiary/aromatic N) is 4. The van der Waals surface area contributed by atoms with Crippen LogP contribution in [0.4, 0.5) is 10.6 Å². The maximum atomic E-state index is 13.3. The van der Waals surface area contributed by atoms with Crippen LogP contribution in [-0.4, -0.2) is 61.4 Å². The first kappa shape index (κ1) is 28.7. The number of aromatic amines is 1. The van der Waals surface area contributed by atoms with Crippen molar-refractivity contribution in [2.75, 3.05) is 18.4 Å². The van der Waals surface area contributed by atoms with Gasteiger partial charge in [0.2, 0.25) is 0 Å². The number of rotatable bonds is 6. The van der Waals surface area contributed by atoms with Gasteiger partial charge in [0.1, 0.15) is 17.1 Å². The van der Waals surface area contributed by atoms with Gasteiger partial charge in [0.15, 0.2) is 5.82 Å². The van der Waals surface area contributed by atoms with Crippen LogP contribution in [0.1, 0.15) is 89.0 Å². The van der Waals surface area contributed by atoms with Gasteiger partial charge in [0, 0.05) is 29.5 Å². The Balaban J connectivity index is 1.48. The first-order valence-corrected chi connectivity index (χ1v) is 13.7. The van der Waals surface area contributed by atoms with Gasteiger partial charge in [-0.25, -0.2) is 9.78 Å². The van der Waals surface area contributed by atoms with Gasteiger partial charge in [-0.2, -0.15) is 5.10 Å². The molecule has 0 aliphatic carbocycles. The van der Waals surface area contributed by atoms with Gasteiger partial charge in [-0.05, 0) is 64.7 Å². The number of H-pyrrole nitrogens is 1. The Morgan fingerprint density at radius 2 is 1.85 bits per heavy atom. The summed E-state index contributed by atoms with van der Waals surface area (Å²) in [6, 6.07) is 3.84. The Kier molecular flexibility index (Phi) is 7.64.